The molecule has 3 heteroatoms. The minimum Gasteiger partial charge on any atom is -0.493 e. The van der Waals surface area contributed by atoms with Crippen LogP contribution in [-0.4, -0.2) is 19.3 Å². The van der Waals surface area contributed by atoms with E-state index in [4.69, 9.17) is 15.2 Å². The summed E-state index contributed by atoms with van der Waals surface area (Å²) < 4.78 is 11.8. The van der Waals surface area contributed by atoms with Crippen LogP contribution in [0.2, 0.25) is 0 Å². The molecule has 0 saturated heterocycles. The zero-order chi connectivity index (χ0) is 13.2. The van der Waals surface area contributed by atoms with E-state index in [1.807, 2.05) is 0 Å². The van der Waals surface area contributed by atoms with Gasteiger partial charge >= 0.3 is 0 Å². The van der Waals surface area contributed by atoms with Gasteiger partial charge in [-0.3, -0.25) is 0 Å². The lowest BCUT2D eigenvalue weighted by Gasteiger charge is -2.27. The molecule has 1 aromatic rings. The number of hydrogen-bond acceptors (Lipinski definition) is 3. The zero-order valence-corrected chi connectivity index (χ0v) is 11.7. The number of hydrogen-bond donors (Lipinski definition) is 1. The van der Waals surface area contributed by atoms with Gasteiger partial charge in [0.15, 0.2) is 0 Å². The summed E-state index contributed by atoms with van der Waals surface area (Å²) >= 11 is 0. The summed E-state index contributed by atoms with van der Waals surface area (Å²) in [6, 6.07) is 2.44. The Morgan fingerprint density at radius 3 is 2.84 bits per heavy atom. The Morgan fingerprint density at radius 1 is 1.21 bits per heavy atom. The van der Waals surface area contributed by atoms with Gasteiger partial charge in [0.1, 0.15) is 11.5 Å². The maximum Gasteiger partial charge on any atom is 0.126 e. The smallest absolute Gasteiger partial charge is 0.126 e. The van der Waals surface area contributed by atoms with Crippen molar-refractivity contribution in [1.29, 1.82) is 0 Å². The van der Waals surface area contributed by atoms with Gasteiger partial charge in [-0.15, -0.1) is 0 Å². The van der Waals surface area contributed by atoms with E-state index in [9.17, 15) is 0 Å². The largest absolute Gasteiger partial charge is 0.493 e. The summed E-state index contributed by atoms with van der Waals surface area (Å²) in [5.74, 6) is 2.23. The van der Waals surface area contributed by atoms with Crippen LogP contribution in [-0.2, 0) is 19.3 Å². The van der Waals surface area contributed by atoms with Crippen LogP contribution >= 0.6 is 0 Å². The number of ether oxygens (including phenoxy) is 2. The predicted octanol–water partition coefficient (Wildman–Crippen LogP) is 2.62. The first-order valence-electron chi connectivity index (χ1n) is 7.44. The molecule has 0 aromatic heterocycles. The molecular formula is C16H23NO2. The van der Waals surface area contributed by atoms with Gasteiger partial charge < -0.3 is 15.2 Å². The maximum atomic E-state index is 5.96. The average molecular weight is 261 g/mol. The maximum absolute atomic E-state index is 5.96. The van der Waals surface area contributed by atoms with E-state index >= 15 is 0 Å². The van der Waals surface area contributed by atoms with Crippen LogP contribution in [0.1, 0.15) is 42.9 Å². The van der Waals surface area contributed by atoms with E-state index in [0.29, 0.717) is 0 Å². The van der Waals surface area contributed by atoms with Gasteiger partial charge in [-0.05, 0) is 57.1 Å². The van der Waals surface area contributed by atoms with Crippen molar-refractivity contribution in [2.24, 2.45) is 5.73 Å². The third-order valence-electron chi connectivity index (χ3n) is 4.05. The number of rotatable bonds is 3. The van der Waals surface area contributed by atoms with Crippen LogP contribution < -0.4 is 15.2 Å². The van der Waals surface area contributed by atoms with Crippen LogP contribution in [0.15, 0.2) is 6.07 Å². The zero-order valence-electron chi connectivity index (χ0n) is 11.7. The number of aryl methyl sites for hydroxylation is 1. The number of benzene rings is 1. The van der Waals surface area contributed by atoms with Gasteiger partial charge in [0.25, 0.3) is 0 Å². The lowest BCUT2D eigenvalue weighted by atomic mass is 9.90. The van der Waals surface area contributed by atoms with Crippen molar-refractivity contribution in [3.63, 3.8) is 0 Å². The van der Waals surface area contributed by atoms with Crippen molar-refractivity contribution in [1.82, 2.24) is 0 Å². The lowest BCUT2D eigenvalue weighted by Crippen LogP contribution is -2.19. The second kappa shape index (κ2) is 5.41. The van der Waals surface area contributed by atoms with E-state index in [0.717, 1.165) is 63.2 Å². The first kappa shape index (κ1) is 12.8. The highest BCUT2D eigenvalue weighted by Crippen LogP contribution is 2.40. The van der Waals surface area contributed by atoms with Gasteiger partial charge in [-0.25, -0.2) is 0 Å². The highest BCUT2D eigenvalue weighted by molar-refractivity contribution is 5.55. The number of nitrogens with two attached hydrogens (primary N) is 1. The van der Waals surface area contributed by atoms with Crippen molar-refractivity contribution in [3.05, 3.63) is 22.8 Å². The van der Waals surface area contributed by atoms with E-state index in [1.165, 1.54) is 16.7 Å². The van der Waals surface area contributed by atoms with Gasteiger partial charge in [0, 0.05) is 17.2 Å². The molecule has 2 N–H and O–H groups in total. The van der Waals surface area contributed by atoms with Crippen molar-refractivity contribution < 1.29 is 9.47 Å². The molecule has 2 heterocycles. The summed E-state index contributed by atoms with van der Waals surface area (Å²) in [7, 11) is 0. The Hall–Kier alpha value is -1.22. The van der Waals surface area contributed by atoms with Gasteiger partial charge in [-0.2, -0.15) is 0 Å². The summed E-state index contributed by atoms with van der Waals surface area (Å²) in [5, 5.41) is 0. The Bertz CT molecular complexity index is 434. The molecular weight excluding hydrogens is 238 g/mol. The molecule has 0 radical (unpaired) electrons. The molecule has 0 spiro atoms. The van der Waals surface area contributed by atoms with Gasteiger partial charge in [0.05, 0.1) is 13.2 Å². The lowest BCUT2D eigenvalue weighted by molar-refractivity contribution is 0.269. The molecule has 19 heavy (non-hydrogen) atoms. The predicted molar refractivity (Wildman–Crippen MR) is 76.0 cm³/mol. The highest BCUT2D eigenvalue weighted by Gasteiger charge is 2.24. The summed E-state index contributed by atoms with van der Waals surface area (Å²) in [5.41, 5.74) is 9.98. The van der Waals surface area contributed by atoms with Crippen molar-refractivity contribution in [2.45, 2.75) is 51.5 Å². The normalized spacial score (nSPS) is 18.8. The number of fused-ring (bicyclic) bond motifs is 2. The molecule has 3 rings (SSSR count). The fourth-order valence-electron chi connectivity index (χ4n) is 3.06. The van der Waals surface area contributed by atoms with Crippen molar-refractivity contribution >= 4 is 0 Å². The molecule has 2 aliphatic heterocycles. The molecule has 0 amide bonds. The van der Waals surface area contributed by atoms with Crippen LogP contribution in [0.3, 0.4) is 0 Å². The quantitative estimate of drug-likeness (QED) is 0.909. The highest BCUT2D eigenvalue weighted by atomic mass is 16.5. The first-order valence-corrected chi connectivity index (χ1v) is 7.44. The third-order valence-corrected chi connectivity index (χ3v) is 4.05. The molecule has 1 atom stereocenters. The molecule has 1 unspecified atom stereocenters. The van der Waals surface area contributed by atoms with Crippen molar-refractivity contribution in [3.8, 4) is 11.5 Å². The fraction of sp³-hybridized carbons (Fsp3) is 0.625. The average Bonchev–Trinajstić information content (AvgIpc) is 2.43. The Balaban J connectivity index is 2.01. The monoisotopic (exact) mass is 261 g/mol. The van der Waals surface area contributed by atoms with Crippen LogP contribution in [0.4, 0.5) is 0 Å². The third kappa shape index (κ3) is 2.57. The minimum atomic E-state index is 0.236. The molecule has 1 aromatic carbocycles. The molecule has 0 aliphatic carbocycles. The van der Waals surface area contributed by atoms with E-state index in [2.05, 4.69) is 13.0 Å². The second-order valence-corrected chi connectivity index (χ2v) is 5.74. The summed E-state index contributed by atoms with van der Waals surface area (Å²) in [4.78, 5) is 0. The Labute approximate surface area is 115 Å². The van der Waals surface area contributed by atoms with Gasteiger partial charge in [-0.1, -0.05) is 0 Å². The standard InChI is InChI=1S/C16H23NO2/c1-11(17)6-7-14-13-5-3-8-18-15(13)10-12-4-2-9-19-16(12)14/h10-11H,2-9,17H2,1H3. The van der Waals surface area contributed by atoms with E-state index in [-0.39, 0.29) is 6.04 Å². The summed E-state index contributed by atoms with van der Waals surface area (Å²) in [6.07, 6.45) is 6.45. The molecule has 0 saturated carbocycles. The van der Waals surface area contributed by atoms with E-state index < -0.39 is 0 Å². The molecule has 3 nitrogen and oxygen atoms in total. The molecule has 104 valence electrons. The minimum absolute atomic E-state index is 0.236. The SMILES string of the molecule is CC(N)CCc1c2c(cc3c1OCCC3)OCCC2. The molecule has 0 fully saturated rings. The van der Waals surface area contributed by atoms with E-state index in [1.54, 1.807) is 0 Å². The summed E-state index contributed by atoms with van der Waals surface area (Å²) in [6.45, 7) is 3.76. The van der Waals surface area contributed by atoms with Gasteiger partial charge in [0.2, 0.25) is 0 Å². The fourth-order valence-corrected chi connectivity index (χ4v) is 3.06. The second-order valence-electron chi connectivity index (χ2n) is 5.74. The Morgan fingerprint density at radius 2 is 2.00 bits per heavy atom. The van der Waals surface area contributed by atoms with Crippen LogP contribution in [0.5, 0.6) is 11.5 Å². The molecule has 2 aliphatic rings. The van der Waals surface area contributed by atoms with Crippen LogP contribution in [0.25, 0.3) is 0 Å². The molecule has 0 bridgehead atoms. The first-order chi connectivity index (χ1) is 9.25. The van der Waals surface area contributed by atoms with Crippen LogP contribution in [0, 0.1) is 0 Å². The Kier molecular flexibility index (Phi) is 3.65. The van der Waals surface area contributed by atoms with Crippen molar-refractivity contribution in [2.75, 3.05) is 13.2 Å². The topological polar surface area (TPSA) is 44.5 Å².